The summed E-state index contributed by atoms with van der Waals surface area (Å²) in [6, 6.07) is 7.25. The first kappa shape index (κ1) is 9.79. The van der Waals surface area contributed by atoms with E-state index in [1.54, 1.807) is 6.07 Å². The Labute approximate surface area is 87.0 Å². The second-order valence-corrected chi connectivity index (χ2v) is 3.44. The summed E-state index contributed by atoms with van der Waals surface area (Å²) in [6.45, 7) is 0.352. The topological polar surface area (TPSA) is 78.6 Å². The quantitative estimate of drug-likeness (QED) is 0.647. The number of hydrogen-bond donors (Lipinski definition) is 1. The first-order chi connectivity index (χ1) is 7.16. The molecule has 15 heavy (non-hydrogen) atoms. The Hall–Kier alpha value is -1.75. The minimum atomic E-state index is -1.13. The van der Waals surface area contributed by atoms with E-state index in [2.05, 4.69) is 0 Å². The predicted molar refractivity (Wildman–Crippen MR) is 52.0 cm³/mol. The van der Waals surface area contributed by atoms with E-state index < -0.39 is 12.1 Å². The minimum Gasteiger partial charge on any atom is -0.550 e. The van der Waals surface area contributed by atoms with Crippen molar-refractivity contribution in [2.24, 2.45) is 5.84 Å². The van der Waals surface area contributed by atoms with E-state index >= 15 is 0 Å². The molecule has 1 aliphatic rings. The highest BCUT2D eigenvalue weighted by atomic mass is 16.5. The van der Waals surface area contributed by atoms with Gasteiger partial charge in [0.25, 0.3) is 0 Å². The van der Waals surface area contributed by atoms with Crippen LogP contribution in [0.1, 0.15) is 6.42 Å². The third-order valence-electron chi connectivity index (χ3n) is 2.26. The van der Waals surface area contributed by atoms with E-state index in [4.69, 9.17) is 10.6 Å². The molecule has 5 nitrogen and oxygen atoms in total. The maximum Gasteiger partial charge on any atom is 0.144 e. The number of nitrogens with two attached hydrogens (primary N) is 1. The van der Waals surface area contributed by atoms with Gasteiger partial charge in [0.15, 0.2) is 0 Å². The Morgan fingerprint density at radius 1 is 1.60 bits per heavy atom. The zero-order valence-corrected chi connectivity index (χ0v) is 8.05. The fraction of sp³-hybridized carbons (Fsp3) is 0.300. The fourth-order valence-electron chi connectivity index (χ4n) is 1.62. The number of hydrogen-bond acceptors (Lipinski definition) is 5. The van der Waals surface area contributed by atoms with Crippen molar-refractivity contribution in [3.63, 3.8) is 0 Å². The molecule has 0 spiro atoms. The molecular weight excluding hydrogens is 196 g/mol. The number of anilines is 1. The third kappa shape index (κ3) is 2.02. The highest BCUT2D eigenvalue weighted by Gasteiger charge is 2.23. The second kappa shape index (κ2) is 3.78. The average molecular weight is 207 g/mol. The summed E-state index contributed by atoms with van der Waals surface area (Å²) >= 11 is 0. The number of benzene rings is 1. The van der Waals surface area contributed by atoms with Crippen LogP contribution in [0.5, 0.6) is 5.75 Å². The lowest BCUT2D eigenvalue weighted by atomic mass is 10.2. The summed E-state index contributed by atoms with van der Waals surface area (Å²) in [5.74, 6) is 5.23. The van der Waals surface area contributed by atoms with Gasteiger partial charge in [-0.25, -0.2) is 5.84 Å². The summed E-state index contributed by atoms with van der Waals surface area (Å²) in [7, 11) is 0. The van der Waals surface area contributed by atoms with Gasteiger partial charge < -0.3 is 19.6 Å². The van der Waals surface area contributed by atoms with Crippen molar-refractivity contribution in [2.45, 2.75) is 12.5 Å². The molecule has 2 N–H and O–H groups in total. The van der Waals surface area contributed by atoms with Gasteiger partial charge in [-0.1, -0.05) is 12.1 Å². The number of carbonyl (C=O) groups excluding carboxylic acids is 1. The molecule has 2 rings (SSSR count). The Morgan fingerprint density at radius 3 is 3.07 bits per heavy atom. The molecule has 0 amide bonds. The first-order valence-corrected chi connectivity index (χ1v) is 4.64. The molecule has 1 aliphatic heterocycles. The van der Waals surface area contributed by atoms with Crippen molar-refractivity contribution >= 4 is 11.7 Å². The Kier molecular flexibility index (Phi) is 2.47. The standard InChI is InChI=1S/C10H12N2O3/c11-12-6-7(5-10(13)14)15-9-4-2-1-3-8(9)12/h1-4,7H,5-6,11H2,(H,13,14)/p-1. The van der Waals surface area contributed by atoms with Gasteiger partial charge >= 0.3 is 0 Å². The zero-order chi connectivity index (χ0) is 10.8. The molecule has 1 aromatic carbocycles. The highest BCUT2D eigenvalue weighted by molar-refractivity contribution is 5.66. The Morgan fingerprint density at radius 2 is 2.33 bits per heavy atom. The van der Waals surface area contributed by atoms with Gasteiger partial charge in [0.1, 0.15) is 11.9 Å². The maximum atomic E-state index is 10.4. The largest absolute Gasteiger partial charge is 0.550 e. The van der Waals surface area contributed by atoms with Crippen molar-refractivity contribution in [3.05, 3.63) is 24.3 Å². The molecule has 0 bridgehead atoms. The van der Waals surface area contributed by atoms with E-state index in [-0.39, 0.29) is 6.42 Å². The number of ether oxygens (including phenoxy) is 1. The van der Waals surface area contributed by atoms with Gasteiger partial charge in [-0.3, -0.25) is 0 Å². The van der Waals surface area contributed by atoms with Crippen LogP contribution in [0.15, 0.2) is 24.3 Å². The number of carboxylic acids is 1. The SMILES string of the molecule is NN1CC(CC(=O)[O-])Oc2ccccc21. The Bertz CT molecular complexity index is 381. The van der Waals surface area contributed by atoms with Gasteiger partial charge in [-0.2, -0.15) is 0 Å². The molecule has 0 aliphatic carbocycles. The van der Waals surface area contributed by atoms with Crippen molar-refractivity contribution in [1.29, 1.82) is 0 Å². The molecule has 5 heteroatoms. The van der Waals surface area contributed by atoms with Crippen LogP contribution in [-0.2, 0) is 4.79 Å². The van der Waals surface area contributed by atoms with Crippen LogP contribution in [-0.4, -0.2) is 18.6 Å². The third-order valence-corrected chi connectivity index (χ3v) is 2.26. The van der Waals surface area contributed by atoms with Crippen LogP contribution in [0.25, 0.3) is 0 Å². The van der Waals surface area contributed by atoms with Crippen molar-refractivity contribution < 1.29 is 14.6 Å². The zero-order valence-electron chi connectivity index (χ0n) is 8.05. The summed E-state index contributed by atoms with van der Waals surface area (Å²) in [4.78, 5) is 10.4. The number of fused-ring (bicyclic) bond motifs is 1. The number of hydrazine groups is 1. The maximum absolute atomic E-state index is 10.4. The summed E-state index contributed by atoms with van der Waals surface area (Å²) < 4.78 is 5.47. The average Bonchev–Trinajstić information content (AvgIpc) is 2.16. The van der Waals surface area contributed by atoms with Crippen LogP contribution in [0.3, 0.4) is 0 Å². The summed E-state index contributed by atoms with van der Waals surface area (Å²) in [5.41, 5.74) is 0.770. The normalized spacial score (nSPS) is 19.3. The van der Waals surface area contributed by atoms with Crippen molar-refractivity contribution in [1.82, 2.24) is 0 Å². The Balaban J connectivity index is 2.19. The van der Waals surface area contributed by atoms with E-state index in [0.717, 1.165) is 5.69 Å². The van der Waals surface area contributed by atoms with Gasteiger partial charge in [-0.15, -0.1) is 0 Å². The lowest BCUT2D eigenvalue weighted by Crippen LogP contribution is -2.46. The smallest absolute Gasteiger partial charge is 0.144 e. The molecule has 0 saturated carbocycles. The molecule has 1 unspecified atom stereocenters. The van der Waals surface area contributed by atoms with Crippen LogP contribution in [0, 0.1) is 0 Å². The predicted octanol–water partition coefficient (Wildman–Crippen LogP) is -0.732. The molecule has 0 saturated heterocycles. The van der Waals surface area contributed by atoms with Crippen molar-refractivity contribution in [3.8, 4) is 5.75 Å². The molecule has 0 fully saturated rings. The summed E-state index contributed by atoms with van der Waals surface area (Å²) in [6.07, 6.45) is -0.600. The lowest BCUT2D eigenvalue weighted by molar-refractivity contribution is -0.307. The minimum absolute atomic E-state index is 0.151. The number of nitrogens with zero attached hydrogens (tertiary/aromatic N) is 1. The molecular formula is C10H11N2O3-. The number of para-hydroxylation sites is 2. The molecule has 1 heterocycles. The lowest BCUT2D eigenvalue weighted by Gasteiger charge is -2.33. The molecule has 0 aromatic heterocycles. The molecule has 1 aromatic rings. The van der Waals surface area contributed by atoms with Crippen LogP contribution < -0.4 is 20.7 Å². The number of carboxylic acid groups (broad SMARTS) is 1. The van der Waals surface area contributed by atoms with Gasteiger partial charge in [-0.05, 0) is 12.1 Å². The van der Waals surface area contributed by atoms with Crippen LogP contribution in [0.4, 0.5) is 5.69 Å². The van der Waals surface area contributed by atoms with Gasteiger partial charge in [0.05, 0.1) is 12.2 Å². The molecule has 1 atom stereocenters. The monoisotopic (exact) mass is 207 g/mol. The second-order valence-electron chi connectivity index (χ2n) is 3.44. The van der Waals surface area contributed by atoms with Gasteiger partial charge in [0, 0.05) is 12.4 Å². The van der Waals surface area contributed by atoms with E-state index in [1.165, 1.54) is 5.01 Å². The number of rotatable bonds is 2. The molecule has 0 radical (unpaired) electrons. The molecule has 80 valence electrons. The van der Waals surface area contributed by atoms with Crippen LogP contribution in [0.2, 0.25) is 0 Å². The van der Waals surface area contributed by atoms with E-state index in [0.29, 0.717) is 12.3 Å². The highest BCUT2D eigenvalue weighted by Crippen LogP contribution is 2.31. The van der Waals surface area contributed by atoms with E-state index in [9.17, 15) is 9.90 Å². The first-order valence-electron chi connectivity index (χ1n) is 4.64. The van der Waals surface area contributed by atoms with Crippen molar-refractivity contribution in [2.75, 3.05) is 11.6 Å². The van der Waals surface area contributed by atoms with Crippen LogP contribution >= 0.6 is 0 Å². The fourth-order valence-corrected chi connectivity index (χ4v) is 1.62. The van der Waals surface area contributed by atoms with E-state index in [1.807, 2.05) is 18.2 Å². The summed E-state index contributed by atoms with van der Waals surface area (Å²) in [5, 5.41) is 11.9. The number of aliphatic carboxylic acids is 1. The number of carbonyl (C=O) groups is 1. The van der Waals surface area contributed by atoms with Gasteiger partial charge in [0.2, 0.25) is 0 Å².